The molecule has 2 aromatic heterocycles. The van der Waals surface area contributed by atoms with E-state index in [-0.39, 0.29) is 11.7 Å². The Morgan fingerprint density at radius 1 is 0.879 bits per heavy atom. The van der Waals surface area contributed by atoms with Crippen LogP contribution in [0, 0.1) is 5.82 Å². The number of carbonyl (C=O) groups is 1. The maximum absolute atomic E-state index is 13.2. The minimum Gasteiger partial charge on any atom is -0.454 e. The van der Waals surface area contributed by atoms with E-state index in [1.54, 1.807) is 36.4 Å². The normalized spacial score (nSPS) is 11.0. The third kappa shape index (κ3) is 4.33. The average molecular weight is 477 g/mol. The lowest BCUT2D eigenvalue weighted by Crippen LogP contribution is -2.13. The Balaban J connectivity index is 1.56. The highest BCUT2D eigenvalue weighted by molar-refractivity contribution is 6.35. The first-order valence-electron chi connectivity index (χ1n) is 10.0. The summed E-state index contributed by atoms with van der Waals surface area (Å²) < 4.78 is 19.2. The van der Waals surface area contributed by atoms with Crippen molar-refractivity contribution < 1.29 is 13.6 Å². The highest BCUT2D eigenvalue weighted by atomic mass is 35.5. The molecule has 33 heavy (non-hydrogen) atoms. The molecule has 0 fully saturated rings. The number of hydrogen-bond acceptors (Lipinski definition) is 3. The van der Waals surface area contributed by atoms with E-state index in [0.717, 1.165) is 0 Å². The number of carbonyl (C=O) groups excluding carboxylic acids is 1. The summed E-state index contributed by atoms with van der Waals surface area (Å²) in [6.07, 6.45) is 0. The van der Waals surface area contributed by atoms with E-state index in [1.807, 2.05) is 24.3 Å². The van der Waals surface area contributed by atoms with Gasteiger partial charge in [-0.05, 0) is 66.7 Å². The van der Waals surface area contributed by atoms with E-state index in [9.17, 15) is 9.18 Å². The zero-order chi connectivity index (χ0) is 22.9. The van der Waals surface area contributed by atoms with Crippen molar-refractivity contribution in [3.8, 4) is 22.8 Å². The Kier molecular flexibility index (Phi) is 5.58. The molecule has 0 radical (unpaired) electrons. The summed E-state index contributed by atoms with van der Waals surface area (Å²) in [7, 11) is 0. The quantitative estimate of drug-likeness (QED) is 0.287. The molecule has 2 heterocycles. The maximum atomic E-state index is 13.2. The Morgan fingerprint density at radius 3 is 2.45 bits per heavy atom. The lowest BCUT2D eigenvalue weighted by atomic mass is 10.1. The van der Waals surface area contributed by atoms with Crippen molar-refractivity contribution >= 4 is 45.7 Å². The van der Waals surface area contributed by atoms with Gasteiger partial charge in [0.2, 0.25) is 0 Å². The molecule has 0 aliphatic carbocycles. The summed E-state index contributed by atoms with van der Waals surface area (Å²) in [6.45, 7) is 0. The summed E-state index contributed by atoms with van der Waals surface area (Å²) >= 11 is 12.4. The Bertz CT molecular complexity index is 1500. The molecule has 0 aliphatic rings. The summed E-state index contributed by atoms with van der Waals surface area (Å²) in [6, 6.07) is 23.3. The maximum Gasteiger partial charge on any atom is 0.256 e. The van der Waals surface area contributed by atoms with Crippen LogP contribution in [0.1, 0.15) is 10.4 Å². The topological polar surface area (TPSA) is 55.1 Å². The number of hydrogen-bond donors (Lipinski definition) is 1. The smallest absolute Gasteiger partial charge is 0.256 e. The number of amides is 1. The van der Waals surface area contributed by atoms with Crippen LogP contribution in [0.4, 0.5) is 10.1 Å². The van der Waals surface area contributed by atoms with Crippen molar-refractivity contribution in [3.05, 3.63) is 106 Å². The van der Waals surface area contributed by atoms with Crippen LogP contribution in [-0.2, 0) is 0 Å². The van der Waals surface area contributed by atoms with Gasteiger partial charge in [-0.15, -0.1) is 0 Å². The van der Waals surface area contributed by atoms with Gasteiger partial charge < -0.3 is 9.73 Å². The zero-order valence-corrected chi connectivity index (χ0v) is 18.5. The fourth-order valence-electron chi connectivity index (χ4n) is 3.53. The molecule has 0 saturated heterocycles. The highest BCUT2D eigenvalue weighted by Crippen LogP contribution is 2.35. The van der Waals surface area contributed by atoms with Crippen molar-refractivity contribution in [1.29, 1.82) is 0 Å². The number of anilines is 1. The SMILES string of the molecule is O=C(Nc1ccc(F)cc1)c1cc(-c2ccc(-c3cc(Cl)ccc3Cl)o2)nc2ccccc12. The molecule has 1 amide bonds. The van der Waals surface area contributed by atoms with Crippen LogP contribution >= 0.6 is 23.2 Å². The lowest BCUT2D eigenvalue weighted by molar-refractivity contribution is 0.102. The number of aromatic nitrogens is 1. The largest absolute Gasteiger partial charge is 0.454 e. The Labute approximate surface area is 198 Å². The molecule has 0 atom stereocenters. The first kappa shape index (κ1) is 21.2. The van der Waals surface area contributed by atoms with Crippen molar-refractivity contribution in [1.82, 2.24) is 4.98 Å². The molecular weight excluding hydrogens is 462 g/mol. The van der Waals surface area contributed by atoms with Crippen molar-refractivity contribution in [2.45, 2.75) is 0 Å². The molecule has 4 nitrogen and oxygen atoms in total. The summed E-state index contributed by atoms with van der Waals surface area (Å²) in [5.74, 6) is 0.289. The minimum absolute atomic E-state index is 0.342. The van der Waals surface area contributed by atoms with Crippen molar-refractivity contribution in [2.24, 2.45) is 0 Å². The van der Waals surface area contributed by atoms with E-state index < -0.39 is 0 Å². The molecule has 5 rings (SSSR count). The van der Waals surface area contributed by atoms with Crippen molar-refractivity contribution in [2.75, 3.05) is 5.32 Å². The first-order chi connectivity index (χ1) is 16.0. The van der Waals surface area contributed by atoms with Gasteiger partial charge in [0.05, 0.1) is 16.1 Å². The molecule has 1 N–H and O–H groups in total. The van der Waals surface area contributed by atoms with Gasteiger partial charge in [0.15, 0.2) is 5.76 Å². The molecule has 0 saturated carbocycles. The number of para-hydroxylation sites is 1. The van der Waals surface area contributed by atoms with E-state index in [1.165, 1.54) is 24.3 Å². The van der Waals surface area contributed by atoms with Gasteiger partial charge in [0.1, 0.15) is 17.3 Å². The number of nitrogens with zero attached hydrogens (tertiary/aromatic N) is 1. The van der Waals surface area contributed by atoms with Gasteiger partial charge in [-0.25, -0.2) is 9.37 Å². The zero-order valence-electron chi connectivity index (χ0n) is 17.0. The monoisotopic (exact) mass is 476 g/mol. The predicted octanol–water partition coefficient (Wildman–Crippen LogP) is 7.86. The molecule has 0 bridgehead atoms. The van der Waals surface area contributed by atoms with Gasteiger partial charge >= 0.3 is 0 Å². The first-order valence-corrected chi connectivity index (χ1v) is 10.8. The standard InChI is InChI=1S/C26H15Cl2FN2O2/c27-15-5-10-21(28)20(13-15)24-11-12-25(33-24)23-14-19(18-3-1-2-4-22(18)31-23)26(32)30-17-8-6-16(29)7-9-17/h1-14H,(H,30,32). The molecule has 5 aromatic rings. The molecule has 0 unspecified atom stereocenters. The van der Waals surface area contributed by atoms with Crippen LogP contribution in [0.3, 0.4) is 0 Å². The van der Waals surface area contributed by atoms with Gasteiger partial charge in [0.25, 0.3) is 5.91 Å². The van der Waals surface area contributed by atoms with Crippen LogP contribution < -0.4 is 5.32 Å². The summed E-state index contributed by atoms with van der Waals surface area (Å²) in [5, 5.41) is 4.53. The summed E-state index contributed by atoms with van der Waals surface area (Å²) in [4.78, 5) is 17.8. The van der Waals surface area contributed by atoms with Gasteiger partial charge in [-0.2, -0.15) is 0 Å². The van der Waals surface area contributed by atoms with Crippen LogP contribution in [0.15, 0.2) is 89.3 Å². The van der Waals surface area contributed by atoms with E-state index in [0.29, 0.717) is 55.0 Å². The third-order valence-electron chi connectivity index (χ3n) is 5.12. The predicted molar refractivity (Wildman–Crippen MR) is 129 cm³/mol. The number of halogens is 3. The Morgan fingerprint density at radius 2 is 1.64 bits per heavy atom. The highest BCUT2D eigenvalue weighted by Gasteiger charge is 2.17. The number of nitrogens with one attached hydrogen (secondary N) is 1. The third-order valence-corrected chi connectivity index (χ3v) is 5.68. The fraction of sp³-hybridized carbons (Fsp3) is 0. The number of pyridine rings is 1. The summed E-state index contributed by atoms with van der Waals surface area (Å²) in [5.41, 5.74) is 2.68. The van der Waals surface area contributed by atoms with Gasteiger partial charge in [-0.1, -0.05) is 41.4 Å². The van der Waals surface area contributed by atoms with E-state index in [4.69, 9.17) is 27.6 Å². The average Bonchev–Trinajstić information content (AvgIpc) is 3.31. The second kappa shape index (κ2) is 8.70. The van der Waals surface area contributed by atoms with Gasteiger partial charge in [-0.3, -0.25) is 4.79 Å². The molecule has 7 heteroatoms. The molecule has 0 aliphatic heterocycles. The number of fused-ring (bicyclic) bond motifs is 1. The van der Waals surface area contributed by atoms with E-state index in [2.05, 4.69) is 10.3 Å². The second-order valence-electron chi connectivity index (χ2n) is 7.32. The molecular formula is C26H15Cl2FN2O2. The second-order valence-corrected chi connectivity index (χ2v) is 8.16. The van der Waals surface area contributed by atoms with Crippen LogP contribution in [-0.4, -0.2) is 10.9 Å². The van der Waals surface area contributed by atoms with Crippen molar-refractivity contribution in [3.63, 3.8) is 0 Å². The molecule has 0 spiro atoms. The Hall–Kier alpha value is -3.67. The minimum atomic E-state index is -0.377. The van der Waals surface area contributed by atoms with E-state index >= 15 is 0 Å². The van der Waals surface area contributed by atoms with Crippen LogP contribution in [0.5, 0.6) is 0 Å². The lowest BCUT2D eigenvalue weighted by Gasteiger charge is -2.10. The number of benzene rings is 3. The molecule has 3 aromatic carbocycles. The fourth-order valence-corrected chi connectivity index (χ4v) is 3.91. The molecule has 162 valence electrons. The van der Waals surface area contributed by atoms with Crippen LogP contribution in [0.2, 0.25) is 10.0 Å². The number of rotatable bonds is 4. The number of furan rings is 1. The van der Waals surface area contributed by atoms with Gasteiger partial charge in [0, 0.05) is 21.7 Å². The van der Waals surface area contributed by atoms with Crippen LogP contribution in [0.25, 0.3) is 33.7 Å².